The third-order valence-corrected chi connectivity index (χ3v) is 4.98. The van der Waals surface area contributed by atoms with E-state index in [1.54, 1.807) is 0 Å². The van der Waals surface area contributed by atoms with E-state index >= 15 is 0 Å². The van der Waals surface area contributed by atoms with Gasteiger partial charge in [0.05, 0.1) is 0 Å². The smallest absolute Gasteiger partial charge is 0.246 e. The van der Waals surface area contributed by atoms with Crippen LogP contribution in [0.2, 0.25) is 0 Å². The number of anilines is 1. The highest BCUT2D eigenvalue weighted by Crippen LogP contribution is 2.46. The van der Waals surface area contributed by atoms with Gasteiger partial charge in [-0.15, -0.1) is 24.0 Å². The largest absolute Gasteiger partial charge is 0.356 e. The fourth-order valence-electron chi connectivity index (χ4n) is 2.68. The molecule has 1 aromatic carbocycles. The molecule has 0 radical (unpaired) electrons. The summed E-state index contributed by atoms with van der Waals surface area (Å²) >= 11 is 0. The number of halogens is 2. The van der Waals surface area contributed by atoms with Crippen molar-refractivity contribution >= 4 is 41.5 Å². The number of carbonyl (C=O) groups excluding carboxylic acids is 1. The topological polar surface area (TPSA) is 56.7 Å². The molecule has 2 rings (SSSR count). The van der Waals surface area contributed by atoms with Crippen molar-refractivity contribution < 1.29 is 9.18 Å². The maximum Gasteiger partial charge on any atom is 0.246 e. The van der Waals surface area contributed by atoms with Gasteiger partial charge in [0.1, 0.15) is 12.4 Å². The Bertz CT molecular complexity index is 628. The first-order valence-electron chi connectivity index (χ1n) is 8.29. The van der Waals surface area contributed by atoms with E-state index < -0.39 is 0 Å². The SMILES string of the molecule is CCNC(=NCC(=O)Nc1ccc(F)cc1)N1CC(C)(C)C1(C)C.I. The number of hydrogen-bond donors (Lipinski definition) is 2. The lowest BCUT2D eigenvalue weighted by Gasteiger charge is -2.62. The number of carbonyl (C=O) groups is 1. The maximum atomic E-state index is 12.9. The molecule has 1 amide bonds. The summed E-state index contributed by atoms with van der Waals surface area (Å²) in [5.74, 6) is 0.189. The first-order chi connectivity index (χ1) is 11.2. The van der Waals surface area contributed by atoms with Crippen molar-refractivity contribution in [3.63, 3.8) is 0 Å². The summed E-state index contributed by atoms with van der Waals surface area (Å²) in [7, 11) is 0. The molecule has 0 aliphatic carbocycles. The summed E-state index contributed by atoms with van der Waals surface area (Å²) in [6, 6.07) is 5.69. The Balaban J connectivity index is 0.00000312. The minimum absolute atomic E-state index is 0. The van der Waals surface area contributed by atoms with Crippen molar-refractivity contribution in [2.45, 2.75) is 40.2 Å². The normalized spacial score (nSPS) is 18.0. The zero-order valence-corrected chi connectivity index (χ0v) is 17.8. The molecule has 1 saturated heterocycles. The van der Waals surface area contributed by atoms with Crippen LogP contribution in [0, 0.1) is 11.2 Å². The third kappa shape index (κ3) is 4.83. The summed E-state index contributed by atoms with van der Waals surface area (Å²) in [5.41, 5.74) is 0.730. The number of amides is 1. The van der Waals surface area contributed by atoms with Crippen molar-refractivity contribution in [2.24, 2.45) is 10.4 Å². The van der Waals surface area contributed by atoms with Crippen LogP contribution in [-0.2, 0) is 4.79 Å². The molecule has 140 valence electrons. The molecule has 5 nitrogen and oxygen atoms in total. The number of guanidine groups is 1. The predicted octanol–water partition coefficient (Wildman–Crippen LogP) is 3.47. The predicted molar refractivity (Wildman–Crippen MR) is 111 cm³/mol. The number of nitrogens with one attached hydrogen (secondary N) is 2. The van der Waals surface area contributed by atoms with E-state index in [-0.39, 0.29) is 53.2 Å². The Kier molecular flexibility index (Phi) is 7.22. The van der Waals surface area contributed by atoms with Crippen LogP contribution in [0.25, 0.3) is 0 Å². The van der Waals surface area contributed by atoms with Gasteiger partial charge in [-0.25, -0.2) is 9.38 Å². The number of nitrogens with zero attached hydrogens (tertiary/aromatic N) is 2. The van der Waals surface area contributed by atoms with Crippen LogP contribution in [0.4, 0.5) is 10.1 Å². The molecule has 1 fully saturated rings. The molecule has 0 spiro atoms. The molecule has 0 bridgehead atoms. The molecular weight excluding hydrogens is 434 g/mol. The molecule has 1 aromatic rings. The molecule has 1 heterocycles. The third-order valence-electron chi connectivity index (χ3n) is 4.98. The monoisotopic (exact) mass is 462 g/mol. The molecule has 1 aliphatic heterocycles. The van der Waals surface area contributed by atoms with Crippen molar-refractivity contribution in [1.29, 1.82) is 0 Å². The van der Waals surface area contributed by atoms with Gasteiger partial charge in [-0.1, -0.05) is 13.8 Å². The summed E-state index contributed by atoms with van der Waals surface area (Å²) in [5, 5.41) is 5.97. The van der Waals surface area contributed by atoms with Gasteiger partial charge >= 0.3 is 0 Å². The van der Waals surface area contributed by atoms with E-state index in [1.165, 1.54) is 24.3 Å². The second-order valence-corrected chi connectivity index (χ2v) is 7.25. The Morgan fingerprint density at radius 2 is 1.84 bits per heavy atom. The van der Waals surface area contributed by atoms with E-state index in [1.807, 2.05) is 6.92 Å². The zero-order chi connectivity index (χ0) is 18.0. The van der Waals surface area contributed by atoms with E-state index in [4.69, 9.17) is 0 Å². The number of aliphatic imine (C=N–C) groups is 1. The molecule has 0 saturated carbocycles. The van der Waals surface area contributed by atoms with Crippen molar-refractivity contribution in [3.05, 3.63) is 30.1 Å². The van der Waals surface area contributed by atoms with E-state index in [2.05, 4.69) is 48.2 Å². The van der Waals surface area contributed by atoms with Gasteiger partial charge in [0.2, 0.25) is 5.91 Å². The van der Waals surface area contributed by atoms with E-state index in [9.17, 15) is 9.18 Å². The molecule has 0 aromatic heterocycles. The van der Waals surface area contributed by atoms with Gasteiger partial charge in [0, 0.05) is 29.7 Å². The highest BCUT2D eigenvalue weighted by Gasteiger charge is 2.53. The van der Waals surface area contributed by atoms with Gasteiger partial charge in [0.25, 0.3) is 0 Å². The molecule has 25 heavy (non-hydrogen) atoms. The minimum Gasteiger partial charge on any atom is -0.356 e. The summed E-state index contributed by atoms with van der Waals surface area (Å²) < 4.78 is 12.9. The molecule has 1 aliphatic rings. The first kappa shape index (κ1) is 21.7. The number of rotatable bonds is 4. The zero-order valence-electron chi connectivity index (χ0n) is 15.5. The number of likely N-dealkylation sites (tertiary alicyclic amines) is 1. The lowest BCUT2D eigenvalue weighted by atomic mass is 9.65. The van der Waals surface area contributed by atoms with E-state index in [0.717, 1.165) is 19.0 Å². The fourth-order valence-corrected chi connectivity index (χ4v) is 2.68. The second-order valence-electron chi connectivity index (χ2n) is 7.25. The quantitative estimate of drug-likeness (QED) is 0.410. The van der Waals surface area contributed by atoms with Crippen molar-refractivity contribution in [3.8, 4) is 0 Å². The van der Waals surface area contributed by atoms with Gasteiger partial charge in [0.15, 0.2) is 5.96 Å². The molecule has 0 atom stereocenters. The average Bonchev–Trinajstić information content (AvgIpc) is 2.51. The van der Waals surface area contributed by atoms with Crippen LogP contribution < -0.4 is 10.6 Å². The van der Waals surface area contributed by atoms with Gasteiger partial charge in [-0.3, -0.25) is 4.79 Å². The van der Waals surface area contributed by atoms with Crippen LogP contribution in [0.3, 0.4) is 0 Å². The lowest BCUT2D eigenvalue weighted by molar-refractivity contribution is -0.115. The average molecular weight is 462 g/mol. The van der Waals surface area contributed by atoms with Crippen LogP contribution in [0.15, 0.2) is 29.3 Å². The molecule has 7 heteroatoms. The summed E-state index contributed by atoms with van der Waals surface area (Å²) in [6.45, 7) is 12.5. The number of hydrogen-bond acceptors (Lipinski definition) is 2. The second kappa shape index (κ2) is 8.33. The summed E-state index contributed by atoms with van der Waals surface area (Å²) in [4.78, 5) is 18.7. The number of benzene rings is 1. The minimum atomic E-state index is -0.330. The van der Waals surface area contributed by atoms with Crippen molar-refractivity contribution in [2.75, 3.05) is 25.0 Å². The van der Waals surface area contributed by atoms with Gasteiger partial charge < -0.3 is 15.5 Å². The molecular formula is C18H28FIN4O. The first-order valence-corrected chi connectivity index (χ1v) is 8.29. The van der Waals surface area contributed by atoms with Crippen molar-refractivity contribution in [1.82, 2.24) is 10.2 Å². The van der Waals surface area contributed by atoms with Gasteiger partial charge in [-0.2, -0.15) is 0 Å². The van der Waals surface area contributed by atoms with Crippen LogP contribution in [-0.4, -0.2) is 41.9 Å². The molecule has 0 unspecified atom stereocenters. The van der Waals surface area contributed by atoms with E-state index in [0.29, 0.717) is 5.69 Å². The standard InChI is InChI=1S/C18H27FN4O.HI/c1-6-20-16(23-12-17(2,3)18(23,4)5)21-11-15(24)22-14-9-7-13(19)8-10-14;/h7-10H,6,11-12H2,1-5H3,(H,20,21)(H,22,24);1H. The van der Waals surface area contributed by atoms with Crippen LogP contribution in [0.1, 0.15) is 34.6 Å². The Morgan fingerprint density at radius 3 is 2.32 bits per heavy atom. The van der Waals surface area contributed by atoms with Crippen LogP contribution in [0.5, 0.6) is 0 Å². The maximum absolute atomic E-state index is 12.9. The Labute approximate surface area is 166 Å². The highest BCUT2D eigenvalue weighted by molar-refractivity contribution is 14.0. The highest BCUT2D eigenvalue weighted by atomic mass is 127. The molecule has 2 N–H and O–H groups in total. The lowest BCUT2D eigenvalue weighted by Crippen LogP contribution is -2.72. The summed E-state index contributed by atoms with van der Waals surface area (Å²) in [6.07, 6.45) is 0. The Hall–Kier alpha value is -1.38. The Morgan fingerprint density at radius 1 is 1.24 bits per heavy atom. The fraction of sp³-hybridized carbons (Fsp3) is 0.556. The van der Waals surface area contributed by atoms with Crippen LogP contribution >= 0.6 is 24.0 Å². The van der Waals surface area contributed by atoms with Gasteiger partial charge in [-0.05, 0) is 45.0 Å².